The Morgan fingerprint density at radius 3 is 2.35 bits per heavy atom. The highest BCUT2D eigenvalue weighted by molar-refractivity contribution is 7.89. The second-order valence-corrected chi connectivity index (χ2v) is 7.27. The summed E-state index contributed by atoms with van der Waals surface area (Å²) < 4.78 is 25.8. The minimum absolute atomic E-state index is 0.0137. The molecule has 0 radical (unpaired) electrons. The van der Waals surface area contributed by atoms with Gasteiger partial charge in [0.05, 0.1) is 11.4 Å². The van der Waals surface area contributed by atoms with Crippen molar-refractivity contribution >= 4 is 15.9 Å². The van der Waals surface area contributed by atoms with Crippen LogP contribution in [0.5, 0.6) is 0 Å². The largest absolute Gasteiger partial charge is 0.353 e. The van der Waals surface area contributed by atoms with Gasteiger partial charge in [0.15, 0.2) is 0 Å². The second-order valence-electron chi connectivity index (χ2n) is 5.23. The third kappa shape index (κ3) is 4.05. The van der Waals surface area contributed by atoms with Crippen LogP contribution in [0.1, 0.15) is 25.0 Å². The third-order valence-electron chi connectivity index (χ3n) is 3.00. The van der Waals surface area contributed by atoms with Crippen LogP contribution in [0.15, 0.2) is 23.1 Å². The lowest BCUT2D eigenvalue weighted by Crippen LogP contribution is -2.40. The molecule has 1 aromatic rings. The molecule has 1 aromatic carbocycles. The first-order valence-electron chi connectivity index (χ1n) is 6.47. The van der Waals surface area contributed by atoms with Crippen LogP contribution < -0.4 is 5.32 Å². The Bertz CT molecular complexity index is 594. The Balaban J connectivity index is 2.92. The van der Waals surface area contributed by atoms with Crippen LogP contribution in [0.4, 0.5) is 0 Å². The SMILES string of the molecule is Cc1ccc(S(=O)(=O)N(C)CC(=O)NC(C)C)cc1C. The van der Waals surface area contributed by atoms with Gasteiger partial charge in [0.2, 0.25) is 15.9 Å². The van der Waals surface area contributed by atoms with Crippen molar-refractivity contribution in [2.75, 3.05) is 13.6 Å². The van der Waals surface area contributed by atoms with E-state index in [0.717, 1.165) is 15.4 Å². The summed E-state index contributed by atoms with van der Waals surface area (Å²) >= 11 is 0. The summed E-state index contributed by atoms with van der Waals surface area (Å²) in [5.41, 5.74) is 1.94. The van der Waals surface area contributed by atoms with Crippen molar-refractivity contribution in [1.82, 2.24) is 9.62 Å². The Morgan fingerprint density at radius 1 is 1.25 bits per heavy atom. The maximum Gasteiger partial charge on any atom is 0.243 e. The van der Waals surface area contributed by atoms with Gasteiger partial charge in [-0.15, -0.1) is 0 Å². The average Bonchev–Trinajstić information content (AvgIpc) is 2.31. The normalized spacial score (nSPS) is 11.9. The molecule has 0 aromatic heterocycles. The van der Waals surface area contributed by atoms with Gasteiger partial charge in [0.1, 0.15) is 0 Å². The molecule has 0 saturated carbocycles. The lowest BCUT2D eigenvalue weighted by atomic mass is 10.1. The molecule has 6 heteroatoms. The predicted octanol–water partition coefficient (Wildman–Crippen LogP) is 1.45. The third-order valence-corrected chi connectivity index (χ3v) is 4.80. The summed E-state index contributed by atoms with van der Waals surface area (Å²) in [5.74, 6) is -0.310. The number of benzene rings is 1. The molecule has 1 N–H and O–H groups in total. The van der Waals surface area contributed by atoms with Crippen LogP contribution in [-0.4, -0.2) is 38.3 Å². The van der Waals surface area contributed by atoms with Gasteiger partial charge < -0.3 is 5.32 Å². The van der Waals surface area contributed by atoms with Crippen LogP contribution in [0.3, 0.4) is 0 Å². The summed E-state index contributed by atoms with van der Waals surface area (Å²) in [6.45, 7) is 7.25. The summed E-state index contributed by atoms with van der Waals surface area (Å²) in [5, 5.41) is 2.67. The molecule has 0 aliphatic heterocycles. The molecular weight excluding hydrogens is 276 g/mol. The molecule has 20 heavy (non-hydrogen) atoms. The summed E-state index contributed by atoms with van der Waals surface area (Å²) in [6, 6.07) is 4.94. The van der Waals surface area contributed by atoms with Gasteiger partial charge in [0.25, 0.3) is 0 Å². The van der Waals surface area contributed by atoms with Crippen molar-refractivity contribution in [3.05, 3.63) is 29.3 Å². The topological polar surface area (TPSA) is 66.5 Å². The summed E-state index contributed by atoms with van der Waals surface area (Å²) in [6.07, 6.45) is 0. The molecule has 0 unspecified atom stereocenters. The quantitative estimate of drug-likeness (QED) is 0.894. The van der Waals surface area contributed by atoms with Crippen molar-refractivity contribution in [1.29, 1.82) is 0 Å². The fourth-order valence-corrected chi connectivity index (χ4v) is 2.92. The van der Waals surface area contributed by atoms with Crippen LogP contribution in [-0.2, 0) is 14.8 Å². The smallest absolute Gasteiger partial charge is 0.243 e. The van der Waals surface area contributed by atoms with Crippen LogP contribution in [0, 0.1) is 13.8 Å². The van der Waals surface area contributed by atoms with E-state index in [1.807, 2.05) is 27.7 Å². The molecule has 1 amide bonds. The van der Waals surface area contributed by atoms with Crippen molar-refractivity contribution in [2.24, 2.45) is 0 Å². The first-order valence-corrected chi connectivity index (χ1v) is 7.91. The minimum Gasteiger partial charge on any atom is -0.353 e. The highest BCUT2D eigenvalue weighted by Crippen LogP contribution is 2.17. The second kappa shape index (κ2) is 6.37. The van der Waals surface area contributed by atoms with Gasteiger partial charge in [-0.05, 0) is 51.0 Å². The first-order chi connectivity index (χ1) is 9.14. The van der Waals surface area contributed by atoms with E-state index in [1.54, 1.807) is 18.2 Å². The van der Waals surface area contributed by atoms with E-state index in [0.29, 0.717) is 0 Å². The highest BCUT2D eigenvalue weighted by Gasteiger charge is 2.23. The Hall–Kier alpha value is -1.40. The molecule has 0 atom stereocenters. The zero-order valence-electron chi connectivity index (χ0n) is 12.6. The van der Waals surface area contributed by atoms with Gasteiger partial charge in [-0.25, -0.2) is 8.42 Å². The molecule has 0 heterocycles. The summed E-state index contributed by atoms with van der Waals surface area (Å²) in [4.78, 5) is 11.9. The number of nitrogens with zero attached hydrogens (tertiary/aromatic N) is 1. The number of aryl methyl sites for hydroxylation is 2. The predicted molar refractivity (Wildman–Crippen MR) is 79.0 cm³/mol. The molecule has 0 spiro atoms. The molecule has 0 aliphatic rings. The van der Waals surface area contributed by atoms with E-state index in [9.17, 15) is 13.2 Å². The highest BCUT2D eigenvalue weighted by atomic mass is 32.2. The summed E-state index contributed by atoms with van der Waals surface area (Å²) in [7, 11) is -2.23. The van der Waals surface area contributed by atoms with Gasteiger partial charge in [-0.2, -0.15) is 4.31 Å². The maximum atomic E-state index is 12.4. The molecule has 0 fully saturated rings. The van der Waals surface area contributed by atoms with Crippen molar-refractivity contribution in [3.8, 4) is 0 Å². The first kappa shape index (κ1) is 16.7. The molecular formula is C14H22N2O3S. The zero-order chi connectivity index (χ0) is 15.5. The number of hydrogen-bond acceptors (Lipinski definition) is 3. The van der Waals surface area contributed by atoms with Gasteiger partial charge >= 0.3 is 0 Å². The average molecular weight is 298 g/mol. The molecule has 1 rings (SSSR count). The number of carbonyl (C=O) groups excluding carboxylic acids is 1. The Labute approximate surface area is 121 Å². The van der Waals surface area contributed by atoms with Crippen LogP contribution in [0.25, 0.3) is 0 Å². The van der Waals surface area contributed by atoms with Crippen molar-refractivity contribution < 1.29 is 13.2 Å². The lowest BCUT2D eigenvalue weighted by molar-refractivity contribution is -0.121. The molecule has 0 aliphatic carbocycles. The number of hydrogen-bond donors (Lipinski definition) is 1. The van der Waals surface area contributed by atoms with E-state index in [-0.39, 0.29) is 23.4 Å². The van der Waals surface area contributed by atoms with Crippen LogP contribution >= 0.6 is 0 Å². The van der Waals surface area contributed by atoms with Crippen LogP contribution in [0.2, 0.25) is 0 Å². The van der Waals surface area contributed by atoms with E-state index in [4.69, 9.17) is 0 Å². The van der Waals surface area contributed by atoms with E-state index in [1.165, 1.54) is 7.05 Å². The van der Waals surface area contributed by atoms with Gasteiger partial charge in [-0.3, -0.25) is 4.79 Å². The number of rotatable bonds is 5. The van der Waals surface area contributed by atoms with Gasteiger partial charge in [0, 0.05) is 13.1 Å². The molecule has 5 nitrogen and oxygen atoms in total. The van der Waals surface area contributed by atoms with Gasteiger partial charge in [-0.1, -0.05) is 6.07 Å². The van der Waals surface area contributed by atoms with Crippen molar-refractivity contribution in [3.63, 3.8) is 0 Å². The number of sulfonamides is 1. The van der Waals surface area contributed by atoms with Crippen molar-refractivity contribution in [2.45, 2.75) is 38.6 Å². The Morgan fingerprint density at radius 2 is 1.85 bits per heavy atom. The standard InChI is InChI=1S/C14H22N2O3S/c1-10(2)15-14(17)9-16(5)20(18,19)13-7-6-11(3)12(4)8-13/h6-8,10H,9H2,1-5H3,(H,15,17). The van der Waals surface area contributed by atoms with E-state index >= 15 is 0 Å². The number of nitrogens with one attached hydrogen (secondary N) is 1. The van der Waals surface area contributed by atoms with E-state index in [2.05, 4.69) is 5.32 Å². The molecule has 112 valence electrons. The maximum absolute atomic E-state index is 12.4. The number of likely N-dealkylation sites (N-methyl/N-ethyl adjacent to an activating group) is 1. The lowest BCUT2D eigenvalue weighted by Gasteiger charge is -2.18. The number of carbonyl (C=O) groups is 1. The Kier molecular flexibility index (Phi) is 5.30. The minimum atomic E-state index is -3.64. The monoisotopic (exact) mass is 298 g/mol. The number of amides is 1. The fourth-order valence-electron chi connectivity index (χ4n) is 1.71. The molecule has 0 saturated heterocycles. The molecule has 0 bridgehead atoms. The fraction of sp³-hybridized carbons (Fsp3) is 0.500. The van der Waals surface area contributed by atoms with E-state index < -0.39 is 10.0 Å². The zero-order valence-corrected chi connectivity index (χ0v) is 13.4.